The first-order valence-corrected chi connectivity index (χ1v) is 7.41. The van der Waals surface area contributed by atoms with Crippen molar-refractivity contribution in [2.24, 2.45) is 5.92 Å². The van der Waals surface area contributed by atoms with Crippen LogP contribution in [0.15, 0.2) is 15.7 Å². The Labute approximate surface area is 105 Å². The topological polar surface area (TPSA) is 83.5 Å². The zero-order valence-electron chi connectivity index (χ0n) is 9.80. The van der Waals surface area contributed by atoms with Gasteiger partial charge >= 0.3 is 5.97 Å². The second kappa shape index (κ2) is 5.16. The van der Waals surface area contributed by atoms with Crippen molar-refractivity contribution in [3.63, 3.8) is 0 Å². The highest BCUT2D eigenvalue weighted by atomic mass is 32.2. The molecular weight excluding hydrogens is 262 g/mol. The molecule has 1 rings (SSSR count). The van der Waals surface area contributed by atoms with Gasteiger partial charge in [-0.15, -0.1) is 11.3 Å². The molecule has 2 N–H and O–H groups in total. The van der Waals surface area contributed by atoms with Gasteiger partial charge in [0.1, 0.15) is 10.3 Å². The molecule has 1 unspecified atom stereocenters. The minimum atomic E-state index is -3.75. The largest absolute Gasteiger partial charge is 0.480 e. The van der Waals surface area contributed by atoms with Crippen LogP contribution >= 0.6 is 11.3 Å². The lowest BCUT2D eigenvalue weighted by atomic mass is 10.1. The van der Waals surface area contributed by atoms with Gasteiger partial charge in [0.15, 0.2) is 0 Å². The van der Waals surface area contributed by atoms with Crippen molar-refractivity contribution in [3.8, 4) is 0 Å². The number of sulfonamides is 1. The van der Waals surface area contributed by atoms with Gasteiger partial charge in [0, 0.05) is 0 Å². The molecule has 1 aromatic heterocycles. The fourth-order valence-corrected chi connectivity index (χ4v) is 4.10. The lowest BCUT2D eigenvalue weighted by Gasteiger charge is -2.17. The Morgan fingerprint density at radius 3 is 2.41 bits per heavy atom. The van der Waals surface area contributed by atoms with Crippen molar-refractivity contribution < 1.29 is 18.3 Å². The Balaban J connectivity index is 3.01. The van der Waals surface area contributed by atoms with Crippen LogP contribution in [0.1, 0.15) is 19.4 Å². The monoisotopic (exact) mass is 277 g/mol. The molecule has 0 aliphatic carbocycles. The first-order valence-electron chi connectivity index (χ1n) is 5.05. The van der Waals surface area contributed by atoms with E-state index in [1.807, 2.05) is 0 Å². The van der Waals surface area contributed by atoms with E-state index in [1.54, 1.807) is 32.2 Å². The van der Waals surface area contributed by atoms with Crippen molar-refractivity contribution in [3.05, 3.63) is 17.0 Å². The standard InChI is InChI=1S/C10H15NO4S2/c1-6(2)8(9(12)13)11-17(14,15)10-7(3)4-5-16-10/h4-6,8,11H,1-3H3,(H,12,13). The van der Waals surface area contributed by atoms with Gasteiger partial charge in [-0.2, -0.15) is 4.72 Å². The number of carbonyl (C=O) groups is 1. The molecule has 5 nitrogen and oxygen atoms in total. The highest BCUT2D eigenvalue weighted by molar-refractivity contribution is 7.91. The van der Waals surface area contributed by atoms with Gasteiger partial charge in [-0.05, 0) is 29.9 Å². The summed E-state index contributed by atoms with van der Waals surface area (Å²) in [5, 5.41) is 10.6. The molecule has 1 aromatic rings. The molecule has 1 atom stereocenters. The Morgan fingerprint density at radius 2 is 2.06 bits per heavy atom. The highest BCUT2D eigenvalue weighted by Crippen LogP contribution is 2.22. The third kappa shape index (κ3) is 3.27. The number of hydrogen-bond donors (Lipinski definition) is 2. The molecule has 96 valence electrons. The molecular formula is C10H15NO4S2. The van der Waals surface area contributed by atoms with Crippen LogP contribution in [0, 0.1) is 12.8 Å². The smallest absolute Gasteiger partial charge is 0.322 e. The maximum atomic E-state index is 12.0. The number of aryl methyl sites for hydroxylation is 1. The zero-order valence-corrected chi connectivity index (χ0v) is 11.4. The van der Waals surface area contributed by atoms with Crippen LogP contribution in [0.25, 0.3) is 0 Å². The van der Waals surface area contributed by atoms with Crippen LogP contribution in [0.5, 0.6) is 0 Å². The van der Waals surface area contributed by atoms with Gasteiger partial charge < -0.3 is 5.11 Å². The maximum Gasteiger partial charge on any atom is 0.322 e. The Morgan fingerprint density at radius 1 is 1.47 bits per heavy atom. The van der Waals surface area contributed by atoms with E-state index in [0.29, 0.717) is 5.56 Å². The van der Waals surface area contributed by atoms with E-state index in [2.05, 4.69) is 4.72 Å². The number of carboxylic acid groups (broad SMARTS) is 1. The Hall–Kier alpha value is -0.920. The molecule has 7 heteroatoms. The molecule has 1 heterocycles. The normalized spacial score (nSPS) is 13.9. The fraction of sp³-hybridized carbons (Fsp3) is 0.500. The van der Waals surface area contributed by atoms with Gasteiger partial charge in [-0.1, -0.05) is 13.8 Å². The number of rotatable bonds is 5. The summed E-state index contributed by atoms with van der Waals surface area (Å²) < 4.78 is 26.3. The number of hydrogen-bond acceptors (Lipinski definition) is 4. The number of aliphatic carboxylic acids is 1. The van der Waals surface area contributed by atoms with Gasteiger partial charge in [0.2, 0.25) is 0 Å². The van der Waals surface area contributed by atoms with E-state index in [4.69, 9.17) is 5.11 Å². The van der Waals surface area contributed by atoms with E-state index in [0.717, 1.165) is 11.3 Å². The fourth-order valence-electron chi connectivity index (χ4n) is 1.33. The summed E-state index contributed by atoms with van der Waals surface area (Å²) in [6.45, 7) is 4.99. The lowest BCUT2D eigenvalue weighted by Crippen LogP contribution is -2.44. The van der Waals surface area contributed by atoms with Crippen molar-refractivity contribution in [1.29, 1.82) is 0 Å². The molecule has 0 spiro atoms. The summed E-state index contributed by atoms with van der Waals surface area (Å²) in [7, 11) is -3.75. The average molecular weight is 277 g/mol. The predicted molar refractivity (Wildman–Crippen MR) is 65.6 cm³/mol. The van der Waals surface area contributed by atoms with E-state index >= 15 is 0 Å². The van der Waals surface area contributed by atoms with E-state index < -0.39 is 22.0 Å². The molecule has 0 fully saturated rings. The van der Waals surface area contributed by atoms with Gasteiger partial charge in [0.05, 0.1) is 0 Å². The average Bonchev–Trinajstić information content (AvgIpc) is 2.60. The molecule has 0 saturated carbocycles. The third-order valence-electron chi connectivity index (χ3n) is 2.27. The molecule has 0 saturated heterocycles. The van der Waals surface area contributed by atoms with Crippen LogP contribution in [0.2, 0.25) is 0 Å². The van der Waals surface area contributed by atoms with Crippen LogP contribution in [-0.2, 0) is 14.8 Å². The SMILES string of the molecule is Cc1ccsc1S(=O)(=O)NC(C(=O)O)C(C)C. The third-order valence-corrected chi connectivity index (χ3v) is 5.40. The van der Waals surface area contributed by atoms with Crippen LogP contribution in [0.3, 0.4) is 0 Å². The zero-order chi connectivity index (χ0) is 13.2. The molecule has 0 aliphatic heterocycles. The van der Waals surface area contributed by atoms with Gasteiger partial charge in [-0.3, -0.25) is 4.79 Å². The number of thiophene rings is 1. The number of nitrogens with one attached hydrogen (secondary N) is 1. The summed E-state index contributed by atoms with van der Waals surface area (Å²) >= 11 is 1.08. The number of carboxylic acids is 1. The first kappa shape index (κ1) is 14.1. The van der Waals surface area contributed by atoms with E-state index in [9.17, 15) is 13.2 Å². The van der Waals surface area contributed by atoms with Crippen LogP contribution in [-0.4, -0.2) is 25.5 Å². The summed E-state index contributed by atoms with van der Waals surface area (Å²) in [5.74, 6) is -1.49. The molecule has 0 radical (unpaired) electrons. The Kier molecular flexibility index (Phi) is 4.29. The molecule has 0 amide bonds. The maximum absolute atomic E-state index is 12.0. The van der Waals surface area contributed by atoms with Crippen molar-refractivity contribution in [2.75, 3.05) is 0 Å². The van der Waals surface area contributed by atoms with Crippen LogP contribution in [0.4, 0.5) is 0 Å². The summed E-state index contributed by atoms with van der Waals surface area (Å²) in [5.41, 5.74) is 0.621. The molecule has 17 heavy (non-hydrogen) atoms. The minimum Gasteiger partial charge on any atom is -0.480 e. The Bertz CT molecular complexity index is 504. The van der Waals surface area contributed by atoms with Crippen molar-refractivity contribution in [1.82, 2.24) is 4.72 Å². The second-order valence-electron chi connectivity index (χ2n) is 4.07. The lowest BCUT2D eigenvalue weighted by molar-refractivity contribution is -0.140. The van der Waals surface area contributed by atoms with E-state index in [-0.39, 0.29) is 10.1 Å². The predicted octanol–water partition coefficient (Wildman–Crippen LogP) is 1.44. The molecule has 0 aromatic carbocycles. The van der Waals surface area contributed by atoms with E-state index in [1.165, 1.54) is 0 Å². The van der Waals surface area contributed by atoms with Crippen molar-refractivity contribution >= 4 is 27.3 Å². The van der Waals surface area contributed by atoms with Gasteiger partial charge in [0.25, 0.3) is 10.0 Å². The first-order chi connectivity index (χ1) is 7.75. The van der Waals surface area contributed by atoms with Crippen LogP contribution < -0.4 is 4.72 Å². The van der Waals surface area contributed by atoms with Gasteiger partial charge in [-0.25, -0.2) is 8.42 Å². The molecule has 0 bridgehead atoms. The summed E-state index contributed by atoms with van der Waals surface area (Å²) in [6, 6.07) is 0.575. The minimum absolute atomic E-state index is 0.171. The highest BCUT2D eigenvalue weighted by Gasteiger charge is 2.29. The second-order valence-corrected chi connectivity index (χ2v) is 6.90. The summed E-state index contributed by atoms with van der Waals surface area (Å²) in [4.78, 5) is 10.9. The summed E-state index contributed by atoms with van der Waals surface area (Å²) in [6.07, 6.45) is 0. The molecule has 0 aliphatic rings. The quantitative estimate of drug-likeness (QED) is 0.853. The van der Waals surface area contributed by atoms with Crippen molar-refractivity contribution in [2.45, 2.75) is 31.0 Å².